The van der Waals surface area contributed by atoms with Crippen LogP contribution in [0.5, 0.6) is 0 Å². The highest BCUT2D eigenvalue weighted by Crippen LogP contribution is 2.29. The normalized spacial score (nSPS) is 10.7. The molecule has 29 heavy (non-hydrogen) atoms. The molecule has 0 aliphatic carbocycles. The van der Waals surface area contributed by atoms with Crippen LogP contribution in [-0.2, 0) is 0 Å². The van der Waals surface area contributed by atoms with E-state index >= 15 is 0 Å². The number of carbonyl (C=O) groups is 1. The van der Waals surface area contributed by atoms with Crippen LogP contribution in [0.15, 0.2) is 49.1 Å². The smallest absolute Gasteiger partial charge is 0.260 e. The summed E-state index contributed by atoms with van der Waals surface area (Å²) >= 11 is 6.79. The number of carbonyl (C=O) groups excluding carboxylic acids is 1. The monoisotopic (exact) mass is 429 g/mol. The fraction of sp³-hybridized carbons (Fsp3) is 0.0556. The van der Waals surface area contributed by atoms with E-state index in [9.17, 15) is 9.18 Å². The van der Waals surface area contributed by atoms with Crippen molar-refractivity contribution in [1.82, 2.24) is 24.1 Å². The van der Waals surface area contributed by atoms with Gasteiger partial charge in [-0.05, 0) is 42.7 Å². The Kier molecular flexibility index (Phi) is 5.19. The molecule has 4 rings (SSSR count). The molecule has 0 spiro atoms. The minimum absolute atomic E-state index is 0.0191. The highest BCUT2D eigenvalue weighted by Gasteiger charge is 2.20. The van der Waals surface area contributed by atoms with Gasteiger partial charge in [0.25, 0.3) is 5.91 Å². The molecule has 1 aromatic carbocycles. The maximum atomic E-state index is 13.6. The zero-order chi connectivity index (χ0) is 20.4. The van der Waals surface area contributed by atoms with Crippen LogP contribution < -0.4 is 10.6 Å². The summed E-state index contributed by atoms with van der Waals surface area (Å²) in [5.41, 5.74) is 1.14. The highest BCUT2D eigenvalue weighted by molar-refractivity contribution is 7.10. The Hall–Kier alpha value is -3.37. The first-order valence-corrected chi connectivity index (χ1v) is 9.48. The van der Waals surface area contributed by atoms with Crippen molar-refractivity contribution < 1.29 is 9.18 Å². The summed E-state index contributed by atoms with van der Waals surface area (Å²) in [6, 6.07) is 5.82. The molecule has 0 atom stereocenters. The molecule has 0 aliphatic heterocycles. The third-order valence-electron chi connectivity index (χ3n) is 3.87. The number of benzene rings is 1. The number of nitrogens with one attached hydrogen (secondary N) is 2. The number of nitrogens with zero attached hydrogens (tertiary/aromatic N) is 5. The fourth-order valence-electron chi connectivity index (χ4n) is 2.54. The van der Waals surface area contributed by atoms with Gasteiger partial charge in [0.1, 0.15) is 10.8 Å². The van der Waals surface area contributed by atoms with Gasteiger partial charge in [-0.15, -0.1) is 0 Å². The largest absolute Gasteiger partial charge is 0.329 e. The van der Waals surface area contributed by atoms with E-state index in [-0.39, 0.29) is 10.7 Å². The van der Waals surface area contributed by atoms with E-state index in [1.54, 1.807) is 36.3 Å². The van der Waals surface area contributed by atoms with Crippen LogP contribution in [0.3, 0.4) is 0 Å². The molecule has 1 amide bonds. The van der Waals surface area contributed by atoms with Crippen LogP contribution in [0.1, 0.15) is 16.1 Å². The van der Waals surface area contributed by atoms with Crippen LogP contribution in [0.2, 0.25) is 5.02 Å². The van der Waals surface area contributed by atoms with Gasteiger partial charge < -0.3 is 10.6 Å². The third-order valence-corrected chi connectivity index (χ3v) is 5.03. The van der Waals surface area contributed by atoms with Crippen LogP contribution in [0.25, 0.3) is 5.82 Å². The lowest BCUT2D eigenvalue weighted by Crippen LogP contribution is -2.14. The van der Waals surface area contributed by atoms with Crippen molar-refractivity contribution in [2.24, 2.45) is 0 Å². The van der Waals surface area contributed by atoms with Gasteiger partial charge >= 0.3 is 0 Å². The van der Waals surface area contributed by atoms with E-state index in [1.165, 1.54) is 18.3 Å². The van der Waals surface area contributed by atoms with Crippen molar-refractivity contribution in [3.8, 4) is 5.82 Å². The van der Waals surface area contributed by atoms with E-state index in [2.05, 4.69) is 30.1 Å². The van der Waals surface area contributed by atoms with Gasteiger partial charge in [0.2, 0.25) is 0 Å². The zero-order valence-electron chi connectivity index (χ0n) is 14.9. The molecule has 0 fully saturated rings. The van der Waals surface area contributed by atoms with Gasteiger partial charge in [-0.25, -0.2) is 14.1 Å². The van der Waals surface area contributed by atoms with E-state index in [1.807, 2.05) is 0 Å². The lowest BCUT2D eigenvalue weighted by Gasteiger charge is -2.09. The van der Waals surface area contributed by atoms with E-state index in [4.69, 9.17) is 11.6 Å². The molecule has 0 bridgehead atoms. The number of anilines is 3. The molecule has 0 radical (unpaired) electrons. The summed E-state index contributed by atoms with van der Waals surface area (Å²) < 4.78 is 19.4. The summed E-state index contributed by atoms with van der Waals surface area (Å²) in [6.07, 6.45) is 6.47. The molecular weight excluding hydrogens is 417 g/mol. The Bertz CT molecular complexity index is 1180. The van der Waals surface area contributed by atoms with Gasteiger partial charge in [0, 0.05) is 18.1 Å². The topological polar surface area (TPSA) is 97.6 Å². The number of aromatic nitrogens is 5. The SMILES string of the molecule is Cc1nsc(Nc2cncc(-n3cccn3)n2)c1C(=O)Nc1ccc(Cl)c(F)c1. The minimum atomic E-state index is -0.617. The zero-order valence-corrected chi connectivity index (χ0v) is 16.5. The van der Waals surface area contributed by atoms with E-state index < -0.39 is 11.7 Å². The number of hydrogen-bond donors (Lipinski definition) is 2. The van der Waals surface area contributed by atoms with Crippen molar-refractivity contribution in [3.63, 3.8) is 0 Å². The average molecular weight is 430 g/mol. The number of rotatable bonds is 5. The minimum Gasteiger partial charge on any atom is -0.329 e. The second kappa shape index (κ2) is 7.94. The molecule has 0 saturated heterocycles. The van der Waals surface area contributed by atoms with E-state index in [0.717, 1.165) is 17.6 Å². The number of amides is 1. The summed E-state index contributed by atoms with van der Waals surface area (Å²) in [5.74, 6) is -0.109. The lowest BCUT2D eigenvalue weighted by molar-refractivity contribution is 0.102. The number of halogens is 2. The molecule has 3 heterocycles. The molecule has 2 N–H and O–H groups in total. The Morgan fingerprint density at radius 3 is 2.93 bits per heavy atom. The Morgan fingerprint density at radius 1 is 1.31 bits per heavy atom. The molecule has 0 unspecified atom stereocenters. The van der Waals surface area contributed by atoms with Crippen molar-refractivity contribution >= 4 is 45.5 Å². The van der Waals surface area contributed by atoms with Crippen LogP contribution in [0.4, 0.5) is 20.9 Å². The van der Waals surface area contributed by atoms with Gasteiger partial charge in [-0.2, -0.15) is 9.47 Å². The maximum absolute atomic E-state index is 13.6. The van der Waals surface area contributed by atoms with Gasteiger partial charge in [0.15, 0.2) is 11.6 Å². The first-order valence-electron chi connectivity index (χ1n) is 8.33. The summed E-state index contributed by atoms with van der Waals surface area (Å²) in [4.78, 5) is 21.3. The van der Waals surface area contributed by atoms with Crippen LogP contribution in [-0.4, -0.2) is 30.0 Å². The fourth-order valence-corrected chi connectivity index (χ4v) is 3.46. The van der Waals surface area contributed by atoms with Crippen molar-refractivity contribution in [1.29, 1.82) is 0 Å². The molecule has 4 aromatic rings. The standard InChI is InChI=1S/C18H13ClFN7OS/c1-10-16(17(28)23-11-3-4-12(19)13(20)7-11)18(29-26-10)25-14-8-21-9-15(24-14)27-6-2-5-22-27/h2-9H,1H3,(H,23,28)(H,24,25). The summed E-state index contributed by atoms with van der Waals surface area (Å²) in [5, 5.41) is 10.3. The Labute approximate surface area is 173 Å². The van der Waals surface area contributed by atoms with E-state index in [0.29, 0.717) is 27.9 Å². The summed E-state index contributed by atoms with van der Waals surface area (Å²) in [7, 11) is 0. The summed E-state index contributed by atoms with van der Waals surface area (Å²) in [6.45, 7) is 1.71. The molecule has 0 saturated carbocycles. The first kappa shape index (κ1) is 19.0. The van der Waals surface area contributed by atoms with Gasteiger partial charge in [-0.1, -0.05) is 11.6 Å². The number of hydrogen-bond acceptors (Lipinski definition) is 7. The van der Waals surface area contributed by atoms with Gasteiger partial charge in [-0.3, -0.25) is 9.78 Å². The quantitative estimate of drug-likeness (QED) is 0.493. The molecule has 3 aromatic heterocycles. The predicted octanol–water partition coefficient (Wildman–Crippen LogP) is 4.22. The average Bonchev–Trinajstić information content (AvgIpc) is 3.35. The third kappa shape index (κ3) is 4.08. The van der Waals surface area contributed by atoms with Crippen molar-refractivity contribution in [2.75, 3.05) is 10.6 Å². The lowest BCUT2D eigenvalue weighted by atomic mass is 10.2. The molecule has 11 heteroatoms. The molecule has 0 aliphatic rings. The molecular formula is C18H13ClFN7OS. The predicted molar refractivity (Wildman–Crippen MR) is 109 cm³/mol. The van der Waals surface area contributed by atoms with Crippen LogP contribution >= 0.6 is 23.1 Å². The second-order valence-corrected chi connectivity index (χ2v) is 7.07. The maximum Gasteiger partial charge on any atom is 0.260 e. The number of aryl methyl sites for hydroxylation is 1. The second-order valence-electron chi connectivity index (χ2n) is 5.89. The Balaban J connectivity index is 1.58. The van der Waals surface area contributed by atoms with Crippen LogP contribution in [0, 0.1) is 12.7 Å². The van der Waals surface area contributed by atoms with Gasteiger partial charge in [0.05, 0.1) is 28.7 Å². The Morgan fingerprint density at radius 2 is 2.17 bits per heavy atom. The van der Waals surface area contributed by atoms with Crippen molar-refractivity contribution in [3.05, 3.63) is 71.2 Å². The molecule has 146 valence electrons. The first-order chi connectivity index (χ1) is 14.0. The highest BCUT2D eigenvalue weighted by atomic mass is 35.5. The molecule has 8 nitrogen and oxygen atoms in total. The van der Waals surface area contributed by atoms with Crippen molar-refractivity contribution in [2.45, 2.75) is 6.92 Å².